The third kappa shape index (κ3) is 2.75. The Morgan fingerprint density at radius 1 is 1.47 bits per heavy atom. The van der Waals surface area contributed by atoms with E-state index < -0.39 is 17.8 Å². The standard InChI is InChI=1S/C12H13FN2O4/c1-19-10-5-9-8(4-6(10)13)15-12(18)7(14-9)2-3-11(16)17/h4-5,7,14H,2-3H2,1H3,(H,15,18)(H,16,17). The molecule has 0 saturated carbocycles. The third-order valence-electron chi connectivity index (χ3n) is 2.84. The first-order valence-electron chi connectivity index (χ1n) is 5.68. The molecule has 1 atom stereocenters. The summed E-state index contributed by atoms with van der Waals surface area (Å²) in [4.78, 5) is 22.2. The second-order valence-corrected chi connectivity index (χ2v) is 4.15. The number of benzene rings is 1. The highest BCUT2D eigenvalue weighted by atomic mass is 19.1. The van der Waals surface area contributed by atoms with E-state index in [1.807, 2.05) is 0 Å². The molecule has 0 saturated heterocycles. The summed E-state index contributed by atoms with van der Waals surface area (Å²) in [6.07, 6.45) is 0.0268. The van der Waals surface area contributed by atoms with Gasteiger partial charge in [-0.2, -0.15) is 0 Å². The lowest BCUT2D eigenvalue weighted by Crippen LogP contribution is -2.39. The van der Waals surface area contributed by atoms with Crippen molar-refractivity contribution in [3.05, 3.63) is 17.9 Å². The van der Waals surface area contributed by atoms with Gasteiger partial charge in [0.1, 0.15) is 6.04 Å². The second kappa shape index (κ2) is 5.13. The number of fused-ring (bicyclic) bond motifs is 1. The van der Waals surface area contributed by atoms with E-state index in [0.29, 0.717) is 11.4 Å². The molecule has 1 aromatic rings. The van der Waals surface area contributed by atoms with Crippen LogP contribution in [-0.2, 0) is 9.59 Å². The van der Waals surface area contributed by atoms with E-state index in [1.54, 1.807) is 0 Å². The maximum atomic E-state index is 13.5. The third-order valence-corrected chi connectivity index (χ3v) is 2.84. The second-order valence-electron chi connectivity index (χ2n) is 4.15. The summed E-state index contributed by atoms with van der Waals surface area (Å²) in [7, 11) is 1.34. The lowest BCUT2D eigenvalue weighted by atomic mass is 10.1. The Labute approximate surface area is 108 Å². The van der Waals surface area contributed by atoms with Gasteiger partial charge in [-0.1, -0.05) is 0 Å². The van der Waals surface area contributed by atoms with E-state index >= 15 is 0 Å². The fraction of sp³-hybridized carbons (Fsp3) is 0.333. The Hall–Kier alpha value is -2.31. The van der Waals surface area contributed by atoms with Crippen molar-refractivity contribution in [2.24, 2.45) is 0 Å². The van der Waals surface area contributed by atoms with Gasteiger partial charge in [0.2, 0.25) is 5.91 Å². The number of nitrogens with one attached hydrogen (secondary N) is 2. The van der Waals surface area contributed by atoms with Crippen LogP contribution in [0.2, 0.25) is 0 Å². The summed E-state index contributed by atoms with van der Waals surface area (Å²) in [5, 5.41) is 14.0. The van der Waals surface area contributed by atoms with Crippen molar-refractivity contribution in [1.82, 2.24) is 0 Å². The highest BCUT2D eigenvalue weighted by Crippen LogP contribution is 2.33. The minimum absolute atomic E-state index is 0.0550. The molecule has 7 heteroatoms. The molecule has 1 aromatic carbocycles. The fourth-order valence-electron chi connectivity index (χ4n) is 1.88. The Morgan fingerprint density at radius 2 is 2.21 bits per heavy atom. The molecule has 0 spiro atoms. The Balaban J connectivity index is 2.21. The zero-order valence-electron chi connectivity index (χ0n) is 10.2. The number of carbonyl (C=O) groups excluding carboxylic acids is 1. The van der Waals surface area contributed by atoms with Crippen molar-refractivity contribution in [3.8, 4) is 5.75 Å². The molecular formula is C12H13FN2O4. The molecule has 3 N–H and O–H groups in total. The maximum Gasteiger partial charge on any atom is 0.303 e. The number of aliphatic carboxylic acids is 1. The highest BCUT2D eigenvalue weighted by molar-refractivity contribution is 6.03. The Kier molecular flexibility index (Phi) is 3.55. The number of anilines is 2. The largest absolute Gasteiger partial charge is 0.494 e. The van der Waals surface area contributed by atoms with Gasteiger partial charge in [-0.05, 0) is 6.42 Å². The summed E-state index contributed by atoms with van der Waals surface area (Å²) in [6, 6.07) is 1.93. The normalized spacial score (nSPS) is 17.2. The summed E-state index contributed by atoms with van der Waals surface area (Å²) < 4.78 is 18.3. The van der Waals surface area contributed by atoms with Crippen LogP contribution in [0.4, 0.5) is 15.8 Å². The molecule has 1 aliphatic rings. The number of carbonyl (C=O) groups is 2. The van der Waals surface area contributed by atoms with Crippen LogP contribution in [0.3, 0.4) is 0 Å². The first kappa shape index (κ1) is 13.1. The van der Waals surface area contributed by atoms with Crippen molar-refractivity contribution >= 4 is 23.3 Å². The SMILES string of the molecule is COc1cc2c(cc1F)NC(=O)C(CCC(=O)O)N2. The van der Waals surface area contributed by atoms with Crippen LogP contribution in [0.5, 0.6) is 5.75 Å². The topological polar surface area (TPSA) is 87.7 Å². The van der Waals surface area contributed by atoms with E-state index in [-0.39, 0.29) is 24.5 Å². The molecule has 1 unspecified atom stereocenters. The van der Waals surface area contributed by atoms with E-state index in [4.69, 9.17) is 9.84 Å². The average molecular weight is 268 g/mol. The molecule has 1 amide bonds. The van der Waals surface area contributed by atoms with Gasteiger partial charge in [0.25, 0.3) is 0 Å². The van der Waals surface area contributed by atoms with Crippen LogP contribution < -0.4 is 15.4 Å². The Bertz CT molecular complexity index is 533. The molecule has 6 nitrogen and oxygen atoms in total. The van der Waals surface area contributed by atoms with Crippen LogP contribution in [0.1, 0.15) is 12.8 Å². The lowest BCUT2D eigenvalue weighted by Gasteiger charge is -2.27. The predicted molar refractivity (Wildman–Crippen MR) is 65.9 cm³/mol. The number of amides is 1. The quantitative estimate of drug-likeness (QED) is 0.769. The number of carboxylic acids is 1. The van der Waals surface area contributed by atoms with E-state index in [2.05, 4.69) is 10.6 Å². The molecule has 1 heterocycles. The molecule has 0 aromatic heterocycles. The van der Waals surface area contributed by atoms with Crippen LogP contribution in [0, 0.1) is 5.82 Å². The van der Waals surface area contributed by atoms with E-state index in [1.165, 1.54) is 13.2 Å². The Morgan fingerprint density at radius 3 is 2.84 bits per heavy atom. The molecule has 0 aliphatic carbocycles. The van der Waals surface area contributed by atoms with Crippen molar-refractivity contribution in [2.75, 3.05) is 17.7 Å². The lowest BCUT2D eigenvalue weighted by molar-refractivity contribution is -0.137. The molecule has 102 valence electrons. The smallest absolute Gasteiger partial charge is 0.303 e. The van der Waals surface area contributed by atoms with Gasteiger partial charge < -0.3 is 20.5 Å². The molecule has 0 bridgehead atoms. The highest BCUT2D eigenvalue weighted by Gasteiger charge is 2.27. The zero-order chi connectivity index (χ0) is 14.0. The van der Waals surface area contributed by atoms with Crippen LogP contribution >= 0.6 is 0 Å². The van der Waals surface area contributed by atoms with Crippen molar-refractivity contribution in [1.29, 1.82) is 0 Å². The van der Waals surface area contributed by atoms with Crippen molar-refractivity contribution in [2.45, 2.75) is 18.9 Å². The number of halogens is 1. The maximum absolute atomic E-state index is 13.5. The van der Waals surface area contributed by atoms with Crippen LogP contribution in [0.25, 0.3) is 0 Å². The van der Waals surface area contributed by atoms with E-state index in [9.17, 15) is 14.0 Å². The molecule has 1 aliphatic heterocycles. The van der Waals surface area contributed by atoms with Gasteiger partial charge in [0, 0.05) is 18.6 Å². The van der Waals surface area contributed by atoms with Crippen molar-refractivity contribution < 1.29 is 23.8 Å². The molecular weight excluding hydrogens is 255 g/mol. The number of carboxylic acid groups (broad SMARTS) is 1. The predicted octanol–water partition coefficient (Wildman–Crippen LogP) is 1.43. The number of hydrogen-bond acceptors (Lipinski definition) is 4. The van der Waals surface area contributed by atoms with E-state index in [0.717, 1.165) is 6.07 Å². The average Bonchev–Trinajstić information content (AvgIpc) is 2.35. The first-order chi connectivity index (χ1) is 9.01. The summed E-state index contributed by atoms with van der Waals surface area (Å²) in [5.74, 6) is -1.87. The first-order valence-corrected chi connectivity index (χ1v) is 5.68. The number of hydrogen-bond donors (Lipinski definition) is 3. The zero-order valence-corrected chi connectivity index (χ0v) is 10.2. The monoisotopic (exact) mass is 268 g/mol. The minimum atomic E-state index is -0.975. The molecule has 2 rings (SSSR count). The van der Waals surface area contributed by atoms with Gasteiger partial charge in [0.05, 0.1) is 18.5 Å². The van der Waals surface area contributed by atoms with Crippen molar-refractivity contribution in [3.63, 3.8) is 0 Å². The van der Waals surface area contributed by atoms with Gasteiger partial charge in [0.15, 0.2) is 11.6 Å². The molecule has 19 heavy (non-hydrogen) atoms. The number of ether oxygens (including phenoxy) is 1. The van der Waals surface area contributed by atoms with Crippen LogP contribution in [0.15, 0.2) is 12.1 Å². The number of methoxy groups -OCH3 is 1. The van der Waals surface area contributed by atoms with Gasteiger partial charge in [-0.25, -0.2) is 4.39 Å². The minimum Gasteiger partial charge on any atom is -0.494 e. The number of rotatable bonds is 4. The van der Waals surface area contributed by atoms with Gasteiger partial charge in [-0.3, -0.25) is 9.59 Å². The van der Waals surface area contributed by atoms with Gasteiger partial charge >= 0.3 is 5.97 Å². The fourth-order valence-corrected chi connectivity index (χ4v) is 1.88. The molecule has 0 fully saturated rings. The summed E-state index contributed by atoms with van der Waals surface area (Å²) in [5.41, 5.74) is 0.822. The summed E-state index contributed by atoms with van der Waals surface area (Å²) >= 11 is 0. The van der Waals surface area contributed by atoms with Gasteiger partial charge in [-0.15, -0.1) is 0 Å². The van der Waals surface area contributed by atoms with Crippen LogP contribution in [-0.4, -0.2) is 30.1 Å². The molecule has 0 radical (unpaired) electrons. The summed E-state index contributed by atoms with van der Waals surface area (Å²) in [6.45, 7) is 0.